The Hall–Kier alpha value is -2.98. The highest BCUT2D eigenvalue weighted by molar-refractivity contribution is 7.84. The maximum absolute atomic E-state index is 13.4. The van der Waals surface area contributed by atoms with Gasteiger partial charge in [0.05, 0.1) is 21.8 Å². The van der Waals surface area contributed by atoms with Gasteiger partial charge in [0.2, 0.25) is 6.79 Å². The van der Waals surface area contributed by atoms with Crippen molar-refractivity contribution in [1.29, 1.82) is 0 Å². The van der Waals surface area contributed by atoms with Crippen LogP contribution in [0.25, 0.3) is 0 Å². The van der Waals surface area contributed by atoms with E-state index in [-0.39, 0.29) is 12.8 Å². The molecule has 1 aliphatic rings. The lowest BCUT2D eigenvalue weighted by molar-refractivity contribution is 0.174. The predicted molar refractivity (Wildman–Crippen MR) is 151 cm³/mol. The zero-order chi connectivity index (χ0) is 25.1. The third kappa shape index (κ3) is 5.24. The van der Waals surface area contributed by atoms with E-state index in [1.165, 1.54) is 10.6 Å². The van der Waals surface area contributed by atoms with Crippen LogP contribution in [-0.4, -0.2) is 15.7 Å². The second-order valence-electron chi connectivity index (χ2n) is 9.61. The normalized spacial score (nSPS) is 14.6. The molecule has 0 bridgehead atoms. The molecule has 0 fully saturated rings. The summed E-state index contributed by atoms with van der Waals surface area (Å²) in [6.45, 7) is 6.16. The van der Waals surface area contributed by atoms with Gasteiger partial charge < -0.3 is 9.47 Å². The Kier molecular flexibility index (Phi) is 7.25. The molecule has 0 radical (unpaired) electrons. The average Bonchev–Trinajstić information content (AvgIpc) is 3.36. The van der Waals surface area contributed by atoms with E-state index in [1.54, 1.807) is 0 Å². The molecule has 184 valence electrons. The predicted octanol–water partition coefficient (Wildman–Crippen LogP) is 5.31. The molecular formula is C30H30NO3PS. The van der Waals surface area contributed by atoms with E-state index in [1.807, 2.05) is 51.1 Å². The third-order valence-electron chi connectivity index (χ3n) is 6.02. The van der Waals surface area contributed by atoms with Crippen molar-refractivity contribution in [2.75, 3.05) is 6.79 Å². The van der Waals surface area contributed by atoms with Crippen LogP contribution in [0, 0.1) is 0 Å². The van der Waals surface area contributed by atoms with Crippen molar-refractivity contribution >= 4 is 34.8 Å². The average molecular weight is 516 g/mol. The topological polar surface area (TPSA) is 47.6 Å². The van der Waals surface area contributed by atoms with E-state index in [2.05, 4.69) is 77.5 Å². The van der Waals surface area contributed by atoms with Gasteiger partial charge in [0.25, 0.3) is 0 Å². The monoisotopic (exact) mass is 515 g/mol. The molecule has 1 N–H and O–H groups in total. The van der Waals surface area contributed by atoms with Gasteiger partial charge in [-0.25, -0.2) is 8.93 Å². The first-order valence-corrected chi connectivity index (χ1v) is 14.5. The maximum Gasteiger partial charge on any atom is 0.231 e. The number of hydrogen-bond donors (Lipinski definition) is 1. The minimum atomic E-state index is -1.29. The first kappa shape index (κ1) is 24.7. The summed E-state index contributed by atoms with van der Waals surface area (Å²) in [5.74, 6) is 1.46. The molecule has 0 saturated heterocycles. The minimum absolute atomic E-state index is 0.199. The fourth-order valence-corrected chi connectivity index (χ4v) is 7.52. The Bertz CT molecular complexity index is 1300. The Morgan fingerprint density at radius 2 is 1.28 bits per heavy atom. The van der Waals surface area contributed by atoms with Crippen molar-refractivity contribution in [2.45, 2.75) is 31.6 Å². The molecule has 2 atom stereocenters. The van der Waals surface area contributed by atoms with Gasteiger partial charge in [0.1, 0.15) is 0 Å². The van der Waals surface area contributed by atoms with Gasteiger partial charge in [-0.2, -0.15) is 0 Å². The summed E-state index contributed by atoms with van der Waals surface area (Å²) in [6.07, 6.45) is 0. The van der Waals surface area contributed by atoms with Crippen LogP contribution in [0.5, 0.6) is 11.5 Å². The number of nitrogens with one attached hydrogen (secondary N) is 1. The van der Waals surface area contributed by atoms with Crippen LogP contribution in [0.4, 0.5) is 0 Å². The second-order valence-corrected chi connectivity index (χ2v) is 13.8. The summed E-state index contributed by atoms with van der Waals surface area (Å²) in [4.78, 5) is 0. The fraction of sp³-hybridized carbons (Fsp3) is 0.200. The zero-order valence-corrected chi connectivity index (χ0v) is 22.4. The van der Waals surface area contributed by atoms with Crippen LogP contribution in [0.3, 0.4) is 0 Å². The molecule has 0 aromatic heterocycles. The molecule has 0 amide bonds. The van der Waals surface area contributed by atoms with Crippen molar-refractivity contribution in [3.8, 4) is 11.5 Å². The van der Waals surface area contributed by atoms with Gasteiger partial charge in [-0.3, -0.25) is 0 Å². The van der Waals surface area contributed by atoms with E-state index in [0.717, 1.165) is 22.2 Å². The lowest BCUT2D eigenvalue weighted by atomic mass is 9.99. The fourth-order valence-electron chi connectivity index (χ4n) is 4.19. The number of rotatable bonds is 7. The molecule has 5 rings (SSSR count). The summed E-state index contributed by atoms with van der Waals surface area (Å²) in [7, 11) is -2.22. The third-order valence-corrected chi connectivity index (χ3v) is 10.1. The molecule has 4 aromatic carbocycles. The number of benzene rings is 4. The summed E-state index contributed by atoms with van der Waals surface area (Å²) in [5, 5.41) is 3.63. The van der Waals surface area contributed by atoms with Crippen molar-refractivity contribution in [1.82, 2.24) is 4.72 Å². The molecule has 0 unspecified atom stereocenters. The Morgan fingerprint density at radius 3 is 1.81 bits per heavy atom. The second kappa shape index (κ2) is 10.6. The van der Waals surface area contributed by atoms with Crippen molar-refractivity contribution in [2.24, 2.45) is 0 Å². The highest BCUT2D eigenvalue weighted by Crippen LogP contribution is 2.43. The van der Waals surface area contributed by atoms with E-state index in [9.17, 15) is 4.21 Å². The van der Waals surface area contributed by atoms with E-state index >= 15 is 0 Å². The Labute approximate surface area is 217 Å². The standard InChI is InChI=1S/C30H30NO3PS/c1-30(2,3)36(32)31-29(22-13-7-4-8-14-22)25-19-26-27(34-21-33-26)20-28(25)35(23-15-9-5-10-16-23)24-17-11-6-12-18-24/h4-20,29,31H,21H2,1-3H3/t29-,36+/m0/s1. The van der Waals surface area contributed by atoms with Crippen LogP contribution >= 0.6 is 7.92 Å². The van der Waals surface area contributed by atoms with Crippen LogP contribution in [0.1, 0.15) is 37.9 Å². The largest absolute Gasteiger partial charge is 0.454 e. The summed E-state index contributed by atoms with van der Waals surface area (Å²) in [6, 6.07) is 35.3. The molecule has 0 spiro atoms. The molecule has 1 aliphatic heterocycles. The van der Waals surface area contributed by atoms with Crippen LogP contribution in [-0.2, 0) is 11.0 Å². The van der Waals surface area contributed by atoms with Gasteiger partial charge in [0.15, 0.2) is 11.5 Å². The molecule has 4 aromatic rings. The lowest BCUT2D eigenvalue weighted by Gasteiger charge is -2.29. The van der Waals surface area contributed by atoms with Gasteiger partial charge in [-0.15, -0.1) is 0 Å². The Morgan fingerprint density at radius 1 is 0.778 bits per heavy atom. The SMILES string of the molecule is CC(C)(C)[S@@](=O)N[C@@H](c1ccccc1)c1cc2c(cc1P(c1ccccc1)c1ccccc1)OCO2. The van der Waals surface area contributed by atoms with Crippen molar-refractivity contribution < 1.29 is 13.7 Å². The lowest BCUT2D eigenvalue weighted by Crippen LogP contribution is -2.38. The zero-order valence-electron chi connectivity index (χ0n) is 20.7. The molecule has 1 heterocycles. The molecular weight excluding hydrogens is 485 g/mol. The van der Waals surface area contributed by atoms with Gasteiger partial charge >= 0.3 is 0 Å². The molecule has 0 aliphatic carbocycles. The van der Waals surface area contributed by atoms with Gasteiger partial charge in [-0.1, -0.05) is 91.0 Å². The summed E-state index contributed by atoms with van der Waals surface area (Å²) >= 11 is 0. The van der Waals surface area contributed by atoms with E-state index in [0.29, 0.717) is 5.75 Å². The van der Waals surface area contributed by atoms with Crippen molar-refractivity contribution in [3.05, 3.63) is 114 Å². The van der Waals surface area contributed by atoms with Gasteiger partial charge in [-0.05, 0) is 67.9 Å². The van der Waals surface area contributed by atoms with Crippen LogP contribution < -0.4 is 30.1 Å². The first-order valence-electron chi connectivity index (χ1n) is 12.0. The number of hydrogen-bond acceptors (Lipinski definition) is 3. The van der Waals surface area contributed by atoms with Crippen LogP contribution in [0.15, 0.2) is 103 Å². The van der Waals surface area contributed by atoms with Gasteiger partial charge in [0, 0.05) is 0 Å². The van der Waals surface area contributed by atoms with Crippen molar-refractivity contribution in [3.63, 3.8) is 0 Å². The smallest absolute Gasteiger partial charge is 0.231 e. The summed E-state index contributed by atoms with van der Waals surface area (Å²) < 4.78 is 28.1. The summed E-state index contributed by atoms with van der Waals surface area (Å²) in [5.41, 5.74) is 2.09. The van der Waals surface area contributed by atoms with E-state index < -0.39 is 23.7 Å². The molecule has 4 nitrogen and oxygen atoms in total. The number of ether oxygens (including phenoxy) is 2. The van der Waals surface area contributed by atoms with Crippen LogP contribution in [0.2, 0.25) is 0 Å². The molecule has 36 heavy (non-hydrogen) atoms. The molecule has 6 heteroatoms. The minimum Gasteiger partial charge on any atom is -0.454 e. The molecule has 0 saturated carbocycles. The highest BCUT2D eigenvalue weighted by Gasteiger charge is 2.31. The maximum atomic E-state index is 13.4. The Balaban J connectivity index is 1.75. The number of fused-ring (bicyclic) bond motifs is 1. The van der Waals surface area contributed by atoms with E-state index in [4.69, 9.17) is 9.47 Å². The quantitative estimate of drug-likeness (QED) is 0.339. The first-order chi connectivity index (χ1) is 17.4. The highest BCUT2D eigenvalue weighted by atomic mass is 32.2.